The Morgan fingerprint density at radius 2 is 1.67 bits per heavy atom. The van der Waals surface area contributed by atoms with Crippen LogP contribution in [0.1, 0.15) is 47.0 Å². The molecule has 15 heavy (non-hydrogen) atoms. The van der Waals surface area contributed by atoms with Gasteiger partial charge in [0.2, 0.25) is 0 Å². The van der Waals surface area contributed by atoms with E-state index in [2.05, 4.69) is 13.0 Å². The largest absolute Gasteiger partial charge is 0.376 e. The summed E-state index contributed by atoms with van der Waals surface area (Å²) in [5, 5.41) is 8.72. The van der Waals surface area contributed by atoms with Gasteiger partial charge < -0.3 is 9.47 Å². The van der Waals surface area contributed by atoms with E-state index >= 15 is 0 Å². The van der Waals surface area contributed by atoms with Gasteiger partial charge in [-0.05, 0) is 26.7 Å². The Bertz CT molecular complexity index is 218. The molecule has 0 amide bonds. The van der Waals surface area contributed by atoms with Crippen molar-refractivity contribution in [2.75, 3.05) is 13.7 Å². The third-order valence-electron chi connectivity index (χ3n) is 3.17. The highest BCUT2D eigenvalue weighted by molar-refractivity contribution is 4.87. The molecular formula is C12H23NO2. The Hall–Kier alpha value is -0.590. The van der Waals surface area contributed by atoms with E-state index in [-0.39, 0.29) is 11.2 Å². The molecule has 3 heteroatoms. The highest BCUT2D eigenvalue weighted by Gasteiger charge is 2.28. The van der Waals surface area contributed by atoms with Crippen molar-refractivity contribution in [2.45, 2.75) is 58.2 Å². The molecular weight excluding hydrogens is 190 g/mol. The fraction of sp³-hybridized carbons (Fsp3) is 0.917. The number of methoxy groups -OCH3 is 1. The van der Waals surface area contributed by atoms with Crippen LogP contribution in [-0.2, 0) is 9.47 Å². The third-order valence-corrected chi connectivity index (χ3v) is 3.17. The van der Waals surface area contributed by atoms with Crippen LogP contribution >= 0.6 is 0 Å². The Balaban J connectivity index is 4.28. The van der Waals surface area contributed by atoms with Crippen LogP contribution < -0.4 is 0 Å². The van der Waals surface area contributed by atoms with Crippen LogP contribution in [0, 0.1) is 11.3 Å². The fourth-order valence-corrected chi connectivity index (χ4v) is 1.08. The molecule has 0 aliphatic rings. The minimum absolute atomic E-state index is 0.244. The summed E-state index contributed by atoms with van der Waals surface area (Å²) in [4.78, 5) is 0. The molecule has 0 aliphatic heterocycles. The summed E-state index contributed by atoms with van der Waals surface area (Å²) in [6.45, 7) is 8.64. The molecule has 0 rings (SSSR count). The summed E-state index contributed by atoms with van der Waals surface area (Å²) in [5.74, 6) is 0. The summed E-state index contributed by atoms with van der Waals surface area (Å²) in [5.41, 5.74) is -0.588. The number of rotatable bonds is 7. The summed E-state index contributed by atoms with van der Waals surface area (Å²) in [6.07, 6.45) is 2.16. The average Bonchev–Trinajstić information content (AvgIpc) is 2.26. The lowest BCUT2D eigenvalue weighted by atomic mass is 9.98. The molecule has 0 aromatic heterocycles. The Morgan fingerprint density at radius 1 is 1.13 bits per heavy atom. The highest BCUT2D eigenvalue weighted by atomic mass is 16.5. The van der Waals surface area contributed by atoms with Crippen molar-refractivity contribution in [1.82, 2.24) is 0 Å². The van der Waals surface area contributed by atoms with Crippen LogP contribution in [-0.4, -0.2) is 24.9 Å². The van der Waals surface area contributed by atoms with Crippen molar-refractivity contribution in [2.24, 2.45) is 0 Å². The molecule has 2 unspecified atom stereocenters. The monoisotopic (exact) mass is 213 g/mol. The van der Waals surface area contributed by atoms with Gasteiger partial charge in [0.05, 0.1) is 30.3 Å². The molecule has 3 nitrogen and oxygen atoms in total. The molecule has 2 atom stereocenters. The van der Waals surface area contributed by atoms with Gasteiger partial charge in [-0.25, -0.2) is 0 Å². The maximum absolute atomic E-state index is 8.72. The number of ether oxygens (including phenoxy) is 2. The number of hydrogen-bond donors (Lipinski definition) is 0. The predicted octanol–water partition coefficient (Wildman–Crippen LogP) is 2.90. The molecule has 0 aromatic rings. The molecule has 0 aromatic carbocycles. The first-order valence-corrected chi connectivity index (χ1v) is 5.51. The highest BCUT2D eigenvalue weighted by Crippen LogP contribution is 2.23. The minimum Gasteiger partial charge on any atom is -0.376 e. The summed E-state index contributed by atoms with van der Waals surface area (Å²) in [7, 11) is 1.69. The second-order valence-electron chi connectivity index (χ2n) is 4.43. The van der Waals surface area contributed by atoms with Gasteiger partial charge in [0.25, 0.3) is 0 Å². The van der Waals surface area contributed by atoms with E-state index in [1.54, 1.807) is 7.11 Å². The average molecular weight is 213 g/mol. The van der Waals surface area contributed by atoms with Crippen molar-refractivity contribution < 1.29 is 9.47 Å². The molecule has 0 aliphatic carbocycles. The van der Waals surface area contributed by atoms with E-state index in [0.29, 0.717) is 13.0 Å². The van der Waals surface area contributed by atoms with Crippen LogP contribution in [0.5, 0.6) is 0 Å². The van der Waals surface area contributed by atoms with E-state index < -0.39 is 0 Å². The Kier molecular flexibility index (Phi) is 5.85. The maximum Gasteiger partial charge on any atom is 0.0880 e. The standard InChI is InChI=1S/C12H23NO2/c1-6-11(3,8-9-13)15-10-12(4,7-2)14-5/h6-8,10H2,1-5H3. The van der Waals surface area contributed by atoms with Crippen LogP contribution in [0.4, 0.5) is 0 Å². The van der Waals surface area contributed by atoms with Crippen molar-refractivity contribution in [3.05, 3.63) is 0 Å². The van der Waals surface area contributed by atoms with Crippen LogP contribution in [0.25, 0.3) is 0 Å². The van der Waals surface area contributed by atoms with Gasteiger partial charge in [-0.15, -0.1) is 0 Å². The normalized spacial score (nSPS) is 18.9. The molecule has 0 N–H and O–H groups in total. The zero-order chi connectivity index (χ0) is 11.9. The fourth-order valence-electron chi connectivity index (χ4n) is 1.08. The van der Waals surface area contributed by atoms with Gasteiger partial charge in [-0.3, -0.25) is 0 Å². The zero-order valence-corrected chi connectivity index (χ0v) is 10.6. The first-order valence-electron chi connectivity index (χ1n) is 5.51. The molecule has 0 fully saturated rings. The predicted molar refractivity (Wildman–Crippen MR) is 60.6 cm³/mol. The van der Waals surface area contributed by atoms with Gasteiger partial charge in [0.15, 0.2) is 0 Å². The molecule has 0 saturated carbocycles. The third kappa shape index (κ3) is 4.63. The van der Waals surface area contributed by atoms with Gasteiger partial charge in [-0.1, -0.05) is 13.8 Å². The van der Waals surface area contributed by atoms with E-state index in [0.717, 1.165) is 12.8 Å². The molecule has 88 valence electrons. The quantitative estimate of drug-likeness (QED) is 0.653. The topological polar surface area (TPSA) is 42.2 Å². The van der Waals surface area contributed by atoms with E-state index in [1.807, 2.05) is 20.8 Å². The molecule has 0 spiro atoms. The zero-order valence-electron chi connectivity index (χ0n) is 10.6. The Morgan fingerprint density at radius 3 is 2.00 bits per heavy atom. The van der Waals surface area contributed by atoms with E-state index in [1.165, 1.54) is 0 Å². The SMILES string of the molecule is CCC(C)(COC(C)(CC)CC#N)OC. The maximum atomic E-state index is 8.72. The van der Waals surface area contributed by atoms with Crippen molar-refractivity contribution in [3.63, 3.8) is 0 Å². The number of hydrogen-bond acceptors (Lipinski definition) is 3. The van der Waals surface area contributed by atoms with Crippen LogP contribution in [0.2, 0.25) is 0 Å². The second kappa shape index (κ2) is 6.09. The van der Waals surface area contributed by atoms with E-state index in [4.69, 9.17) is 14.7 Å². The van der Waals surface area contributed by atoms with Crippen LogP contribution in [0.3, 0.4) is 0 Å². The number of nitrogens with zero attached hydrogens (tertiary/aromatic N) is 1. The van der Waals surface area contributed by atoms with Crippen molar-refractivity contribution in [1.29, 1.82) is 5.26 Å². The van der Waals surface area contributed by atoms with Gasteiger partial charge in [0, 0.05) is 7.11 Å². The number of nitriles is 1. The smallest absolute Gasteiger partial charge is 0.0880 e. The second-order valence-corrected chi connectivity index (χ2v) is 4.43. The Labute approximate surface area is 93.4 Å². The molecule has 0 radical (unpaired) electrons. The van der Waals surface area contributed by atoms with E-state index in [9.17, 15) is 0 Å². The van der Waals surface area contributed by atoms with Crippen molar-refractivity contribution in [3.8, 4) is 6.07 Å². The van der Waals surface area contributed by atoms with Gasteiger partial charge >= 0.3 is 0 Å². The molecule has 0 heterocycles. The molecule has 0 bridgehead atoms. The lowest BCUT2D eigenvalue weighted by Crippen LogP contribution is -2.38. The lowest BCUT2D eigenvalue weighted by molar-refractivity contribution is -0.121. The first-order chi connectivity index (χ1) is 6.95. The summed E-state index contributed by atoms with van der Waals surface area (Å²) in [6, 6.07) is 2.17. The minimum atomic E-state index is -0.344. The lowest BCUT2D eigenvalue weighted by Gasteiger charge is -2.33. The summed E-state index contributed by atoms with van der Waals surface area (Å²) < 4.78 is 11.2. The first kappa shape index (κ1) is 14.4. The van der Waals surface area contributed by atoms with Crippen LogP contribution in [0.15, 0.2) is 0 Å². The summed E-state index contributed by atoms with van der Waals surface area (Å²) >= 11 is 0. The molecule has 0 saturated heterocycles. The van der Waals surface area contributed by atoms with Gasteiger partial charge in [0.1, 0.15) is 0 Å². The van der Waals surface area contributed by atoms with Crippen molar-refractivity contribution >= 4 is 0 Å². The van der Waals surface area contributed by atoms with Gasteiger partial charge in [-0.2, -0.15) is 5.26 Å².